The molecule has 1 N–H and O–H groups in total. The van der Waals surface area contributed by atoms with Gasteiger partial charge in [0.2, 0.25) is 0 Å². The fourth-order valence-electron chi connectivity index (χ4n) is 2.07. The van der Waals surface area contributed by atoms with E-state index in [2.05, 4.69) is 10.3 Å². The molecule has 96 valence electrons. The lowest BCUT2D eigenvalue weighted by atomic mass is 10.0. The minimum atomic E-state index is 0. The average molecular weight is 257 g/mol. The lowest BCUT2D eigenvalue weighted by Crippen LogP contribution is -2.34. The van der Waals surface area contributed by atoms with Crippen LogP contribution in [0, 0.1) is 0 Å². The molecule has 1 aliphatic heterocycles. The molecule has 3 nitrogen and oxygen atoms in total. The number of ether oxygens (including phenoxy) is 1. The molecular formula is C13H21ClN2O. The maximum atomic E-state index is 5.65. The molecule has 2 rings (SSSR count). The Kier molecular flexibility index (Phi) is 7.17. The third-order valence-corrected chi connectivity index (χ3v) is 3.04. The van der Waals surface area contributed by atoms with Gasteiger partial charge < -0.3 is 10.1 Å². The van der Waals surface area contributed by atoms with Crippen LogP contribution >= 0.6 is 12.4 Å². The van der Waals surface area contributed by atoms with Crippen LogP contribution < -0.4 is 5.32 Å². The maximum Gasteiger partial charge on any atom is 0.0717 e. The van der Waals surface area contributed by atoms with E-state index < -0.39 is 0 Å². The minimum absolute atomic E-state index is 0. The first-order chi connectivity index (χ1) is 7.95. The highest BCUT2D eigenvalue weighted by atomic mass is 35.5. The molecule has 0 aliphatic carbocycles. The monoisotopic (exact) mass is 256 g/mol. The van der Waals surface area contributed by atoms with Crippen LogP contribution in [0.3, 0.4) is 0 Å². The van der Waals surface area contributed by atoms with Gasteiger partial charge in [0.15, 0.2) is 0 Å². The third kappa shape index (κ3) is 5.48. The van der Waals surface area contributed by atoms with Crippen LogP contribution in [0.4, 0.5) is 0 Å². The fraction of sp³-hybridized carbons (Fsp3) is 0.615. The van der Waals surface area contributed by atoms with Crippen molar-refractivity contribution in [2.75, 3.05) is 13.2 Å². The molecule has 0 spiro atoms. The van der Waals surface area contributed by atoms with Crippen molar-refractivity contribution in [3.8, 4) is 0 Å². The molecule has 0 radical (unpaired) electrons. The van der Waals surface area contributed by atoms with Gasteiger partial charge in [-0.1, -0.05) is 6.42 Å². The van der Waals surface area contributed by atoms with Crippen molar-refractivity contribution in [2.45, 2.75) is 38.3 Å². The first-order valence-electron chi connectivity index (χ1n) is 6.15. The van der Waals surface area contributed by atoms with Crippen LogP contribution in [0.15, 0.2) is 24.5 Å². The molecule has 17 heavy (non-hydrogen) atoms. The van der Waals surface area contributed by atoms with Gasteiger partial charge in [0, 0.05) is 25.0 Å². The van der Waals surface area contributed by atoms with Crippen LogP contribution in [-0.2, 0) is 11.3 Å². The fourth-order valence-corrected chi connectivity index (χ4v) is 2.07. The van der Waals surface area contributed by atoms with Crippen LogP contribution in [0.2, 0.25) is 0 Å². The summed E-state index contributed by atoms with van der Waals surface area (Å²) in [7, 11) is 0. The number of piperidine rings is 1. The molecule has 1 unspecified atom stereocenters. The lowest BCUT2D eigenvalue weighted by molar-refractivity contribution is 0.108. The maximum absolute atomic E-state index is 5.65. The van der Waals surface area contributed by atoms with Gasteiger partial charge in [0.05, 0.1) is 6.61 Å². The molecule has 1 aromatic heterocycles. The number of halogens is 1. The van der Waals surface area contributed by atoms with E-state index in [0.29, 0.717) is 12.6 Å². The second kappa shape index (κ2) is 8.45. The summed E-state index contributed by atoms with van der Waals surface area (Å²) in [4.78, 5) is 3.98. The summed E-state index contributed by atoms with van der Waals surface area (Å²) < 4.78 is 5.65. The SMILES string of the molecule is Cl.c1cc(COCCC2CCCCN2)ccn1. The van der Waals surface area contributed by atoms with E-state index >= 15 is 0 Å². The molecule has 1 atom stereocenters. The van der Waals surface area contributed by atoms with Gasteiger partial charge in [0.1, 0.15) is 0 Å². The highest BCUT2D eigenvalue weighted by Gasteiger charge is 2.11. The van der Waals surface area contributed by atoms with Crippen molar-refractivity contribution < 1.29 is 4.74 Å². The van der Waals surface area contributed by atoms with E-state index in [1.807, 2.05) is 12.1 Å². The van der Waals surface area contributed by atoms with Crippen LogP contribution in [0.25, 0.3) is 0 Å². The van der Waals surface area contributed by atoms with Gasteiger partial charge in [-0.05, 0) is 43.5 Å². The quantitative estimate of drug-likeness (QED) is 0.823. The molecule has 0 bridgehead atoms. The topological polar surface area (TPSA) is 34.1 Å². The first kappa shape index (κ1) is 14.4. The Morgan fingerprint density at radius 3 is 2.82 bits per heavy atom. The highest BCUT2D eigenvalue weighted by Crippen LogP contribution is 2.10. The average Bonchev–Trinajstić information content (AvgIpc) is 2.37. The largest absolute Gasteiger partial charge is 0.377 e. The molecule has 0 saturated carbocycles. The summed E-state index contributed by atoms with van der Waals surface area (Å²) in [5.41, 5.74) is 1.20. The minimum Gasteiger partial charge on any atom is -0.377 e. The number of rotatable bonds is 5. The number of nitrogens with one attached hydrogen (secondary N) is 1. The second-order valence-corrected chi connectivity index (χ2v) is 4.34. The predicted octanol–water partition coefficient (Wildman–Crippen LogP) is 2.55. The Labute approximate surface area is 109 Å². The van der Waals surface area contributed by atoms with Crippen molar-refractivity contribution in [1.82, 2.24) is 10.3 Å². The predicted molar refractivity (Wildman–Crippen MR) is 71.4 cm³/mol. The zero-order valence-electron chi connectivity index (χ0n) is 10.1. The van der Waals surface area contributed by atoms with Crippen molar-refractivity contribution in [3.05, 3.63) is 30.1 Å². The van der Waals surface area contributed by atoms with E-state index in [-0.39, 0.29) is 12.4 Å². The number of nitrogens with zero attached hydrogens (tertiary/aromatic N) is 1. The summed E-state index contributed by atoms with van der Waals surface area (Å²) in [6, 6.07) is 4.67. The Balaban J connectivity index is 0.00000144. The standard InChI is InChI=1S/C13H20N2O.ClH/c1-2-7-15-13(3-1)6-10-16-11-12-4-8-14-9-5-12;/h4-5,8-9,13,15H,1-3,6-7,10-11H2;1H. The van der Waals surface area contributed by atoms with Crippen molar-refractivity contribution in [2.24, 2.45) is 0 Å². The number of hydrogen-bond acceptors (Lipinski definition) is 3. The van der Waals surface area contributed by atoms with Crippen LogP contribution in [0.1, 0.15) is 31.2 Å². The molecule has 1 saturated heterocycles. The van der Waals surface area contributed by atoms with Crippen LogP contribution in [-0.4, -0.2) is 24.2 Å². The smallest absolute Gasteiger partial charge is 0.0717 e. The Bertz CT molecular complexity index is 289. The molecule has 2 heterocycles. The van der Waals surface area contributed by atoms with E-state index in [9.17, 15) is 0 Å². The Morgan fingerprint density at radius 2 is 2.12 bits per heavy atom. The van der Waals surface area contributed by atoms with Gasteiger partial charge in [0.25, 0.3) is 0 Å². The second-order valence-electron chi connectivity index (χ2n) is 4.34. The third-order valence-electron chi connectivity index (χ3n) is 3.04. The zero-order valence-corrected chi connectivity index (χ0v) is 10.9. The number of aromatic nitrogens is 1. The van der Waals surface area contributed by atoms with E-state index in [1.165, 1.54) is 31.4 Å². The molecule has 0 amide bonds. The van der Waals surface area contributed by atoms with Crippen molar-refractivity contribution in [1.29, 1.82) is 0 Å². The van der Waals surface area contributed by atoms with Gasteiger partial charge in [-0.3, -0.25) is 4.98 Å². The Morgan fingerprint density at radius 1 is 1.29 bits per heavy atom. The molecule has 4 heteroatoms. The summed E-state index contributed by atoms with van der Waals surface area (Å²) in [5, 5.41) is 3.53. The normalized spacial score (nSPS) is 19.6. The van der Waals surface area contributed by atoms with Crippen LogP contribution in [0.5, 0.6) is 0 Å². The Hall–Kier alpha value is -0.640. The van der Waals surface area contributed by atoms with Gasteiger partial charge in [-0.2, -0.15) is 0 Å². The van der Waals surface area contributed by atoms with E-state index in [4.69, 9.17) is 4.74 Å². The van der Waals surface area contributed by atoms with E-state index in [0.717, 1.165) is 13.0 Å². The summed E-state index contributed by atoms with van der Waals surface area (Å²) in [6.45, 7) is 2.73. The van der Waals surface area contributed by atoms with Crippen molar-refractivity contribution in [3.63, 3.8) is 0 Å². The lowest BCUT2D eigenvalue weighted by Gasteiger charge is -2.23. The molecule has 1 aromatic rings. The zero-order chi connectivity index (χ0) is 11.1. The number of hydrogen-bond donors (Lipinski definition) is 1. The molecular weight excluding hydrogens is 236 g/mol. The first-order valence-corrected chi connectivity index (χ1v) is 6.15. The molecule has 0 aromatic carbocycles. The summed E-state index contributed by atoms with van der Waals surface area (Å²) in [6.07, 6.45) is 8.74. The highest BCUT2D eigenvalue weighted by molar-refractivity contribution is 5.85. The summed E-state index contributed by atoms with van der Waals surface area (Å²) in [5.74, 6) is 0. The molecule has 1 aliphatic rings. The summed E-state index contributed by atoms with van der Waals surface area (Å²) >= 11 is 0. The van der Waals surface area contributed by atoms with Gasteiger partial charge >= 0.3 is 0 Å². The van der Waals surface area contributed by atoms with Gasteiger partial charge in [-0.15, -0.1) is 12.4 Å². The number of pyridine rings is 1. The van der Waals surface area contributed by atoms with Crippen molar-refractivity contribution >= 4 is 12.4 Å². The molecule has 1 fully saturated rings. The van der Waals surface area contributed by atoms with Gasteiger partial charge in [-0.25, -0.2) is 0 Å². The van der Waals surface area contributed by atoms with E-state index in [1.54, 1.807) is 12.4 Å².